The number of carbonyl (C=O) groups excluding carboxylic acids is 2. The molecule has 21 heavy (non-hydrogen) atoms. The first-order valence-corrected chi connectivity index (χ1v) is 6.46. The number of para-hydroxylation sites is 1. The summed E-state index contributed by atoms with van der Waals surface area (Å²) in [5.41, 5.74) is 2.09. The lowest BCUT2D eigenvalue weighted by molar-refractivity contribution is 0.106. The first-order valence-electron chi connectivity index (χ1n) is 6.46. The van der Waals surface area contributed by atoms with Gasteiger partial charge in [0.1, 0.15) is 11.5 Å². The largest absolute Gasteiger partial charge is 0.457 e. The van der Waals surface area contributed by atoms with E-state index in [1.807, 2.05) is 43.3 Å². The summed E-state index contributed by atoms with van der Waals surface area (Å²) < 4.78 is 5.83. The number of aryl methyl sites for hydroxylation is 1. The van der Waals surface area contributed by atoms with E-state index in [0.717, 1.165) is 16.8 Å². The molecular weight excluding hydrogens is 266 g/mol. The Labute approximate surface area is 121 Å². The van der Waals surface area contributed by atoms with Crippen molar-refractivity contribution >= 4 is 23.0 Å². The fourth-order valence-electron chi connectivity index (χ4n) is 2.20. The van der Waals surface area contributed by atoms with Gasteiger partial charge in [0, 0.05) is 17.1 Å². The van der Waals surface area contributed by atoms with E-state index in [0.29, 0.717) is 16.7 Å². The number of carbonyl (C=O) groups is 1. The van der Waals surface area contributed by atoms with Crippen LogP contribution in [0.5, 0.6) is 11.5 Å². The highest BCUT2D eigenvalue weighted by Gasteiger charge is 2.13. The van der Waals surface area contributed by atoms with Gasteiger partial charge in [0.15, 0.2) is 0 Å². The molecule has 0 spiro atoms. The Kier molecular flexibility index (Phi) is 3.28. The number of Topliss-reactive ketones (excluding diaryl/α,β-unsaturated/α-hetero) is 1. The molecule has 3 aromatic rings. The monoisotopic (exact) mass is 278 g/mol. The van der Waals surface area contributed by atoms with Gasteiger partial charge in [-0.1, -0.05) is 18.2 Å². The van der Waals surface area contributed by atoms with E-state index in [-0.39, 0.29) is 0 Å². The van der Waals surface area contributed by atoms with Crippen LogP contribution >= 0.6 is 0 Å². The number of nitrogens with one attached hydrogen (secondary N) is 1. The summed E-state index contributed by atoms with van der Waals surface area (Å²) in [6, 6.07) is 13.0. The van der Waals surface area contributed by atoms with Crippen molar-refractivity contribution in [3.05, 3.63) is 59.8 Å². The summed E-state index contributed by atoms with van der Waals surface area (Å²) in [6.07, 6.45) is 2.90. The van der Waals surface area contributed by atoms with Gasteiger partial charge in [0.05, 0.1) is 5.56 Å². The first-order chi connectivity index (χ1) is 10.2. The molecule has 1 aromatic heterocycles. The number of fused-ring (bicyclic) bond motifs is 1. The smallest absolute Gasteiger partial charge is 0.277 e. The third-order valence-corrected chi connectivity index (χ3v) is 3.31. The number of hydrogen-bond donors (Lipinski definition) is 1. The topological polar surface area (TPSA) is 59.2 Å². The van der Waals surface area contributed by atoms with Gasteiger partial charge < -0.3 is 9.72 Å². The molecule has 0 atom stereocenters. The maximum absolute atomic E-state index is 11.5. The predicted octanol–water partition coefficient (Wildman–Crippen LogP) is 3.56. The van der Waals surface area contributed by atoms with Crippen LogP contribution in [0.1, 0.15) is 15.9 Å². The summed E-state index contributed by atoms with van der Waals surface area (Å²) in [4.78, 5) is 25.0. The Morgan fingerprint density at radius 2 is 2.00 bits per heavy atom. The second-order valence-corrected chi connectivity index (χ2v) is 4.71. The molecule has 1 heterocycles. The minimum absolute atomic E-state index is 0.301. The summed E-state index contributed by atoms with van der Waals surface area (Å²) >= 11 is 0. The van der Waals surface area contributed by atoms with Gasteiger partial charge in [-0.15, -0.1) is 0 Å². The summed E-state index contributed by atoms with van der Waals surface area (Å²) in [5, 5.41) is 0.648. The van der Waals surface area contributed by atoms with Gasteiger partial charge in [-0.05, 0) is 36.8 Å². The van der Waals surface area contributed by atoms with Crippen molar-refractivity contribution in [2.24, 2.45) is 0 Å². The van der Waals surface area contributed by atoms with Crippen LogP contribution in [-0.4, -0.2) is 17.1 Å². The molecule has 0 aliphatic rings. The van der Waals surface area contributed by atoms with E-state index in [1.54, 1.807) is 6.07 Å². The van der Waals surface area contributed by atoms with Crippen LogP contribution in [0, 0.1) is 6.92 Å². The highest BCUT2D eigenvalue weighted by Crippen LogP contribution is 2.29. The van der Waals surface area contributed by atoms with Crippen LogP contribution < -0.4 is 4.74 Å². The summed E-state index contributed by atoms with van der Waals surface area (Å²) in [5.74, 6) is 0.688. The molecular formula is C17H12NO3. The molecule has 3 rings (SSSR count). The third-order valence-electron chi connectivity index (χ3n) is 3.31. The maximum atomic E-state index is 11.5. The van der Waals surface area contributed by atoms with Gasteiger partial charge >= 0.3 is 0 Å². The zero-order chi connectivity index (χ0) is 14.8. The number of ether oxygens (including phenoxy) is 1. The second kappa shape index (κ2) is 5.25. The van der Waals surface area contributed by atoms with Crippen molar-refractivity contribution in [1.29, 1.82) is 0 Å². The van der Waals surface area contributed by atoms with E-state index in [4.69, 9.17) is 4.74 Å². The fourth-order valence-corrected chi connectivity index (χ4v) is 2.20. The van der Waals surface area contributed by atoms with E-state index < -0.39 is 5.78 Å². The normalized spacial score (nSPS) is 10.5. The van der Waals surface area contributed by atoms with Gasteiger partial charge in [-0.25, -0.2) is 0 Å². The van der Waals surface area contributed by atoms with E-state index in [2.05, 4.69) is 4.98 Å². The van der Waals surface area contributed by atoms with Gasteiger partial charge in [0.25, 0.3) is 6.29 Å². The van der Waals surface area contributed by atoms with Crippen molar-refractivity contribution in [2.75, 3.05) is 0 Å². The molecule has 1 radical (unpaired) electrons. The van der Waals surface area contributed by atoms with Crippen LogP contribution in [-0.2, 0) is 4.79 Å². The second-order valence-electron chi connectivity index (χ2n) is 4.71. The van der Waals surface area contributed by atoms with Crippen LogP contribution in [0.15, 0.2) is 48.7 Å². The Balaban J connectivity index is 2.02. The highest BCUT2D eigenvalue weighted by atomic mass is 16.5. The summed E-state index contributed by atoms with van der Waals surface area (Å²) in [7, 11) is 0. The maximum Gasteiger partial charge on any atom is 0.277 e. The Morgan fingerprint density at radius 1 is 1.19 bits per heavy atom. The van der Waals surface area contributed by atoms with Gasteiger partial charge in [0.2, 0.25) is 5.78 Å². The summed E-state index contributed by atoms with van der Waals surface area (Å²) in [6.45, 7) is 1.96. The quantitative estimate of drug-likeness (QED) is 0.586. The molecule has 0 saturated carbocycles. The number of H-pyrrole nitrogens is 1. The minimum atomic E-state index is -0.672. The lowest BCUT2D eigenvalue weighted by Gasteiger charge is -2.08. The molecule has 0 aliphatic carbocycles. The molecule has 0 fully saturated rings. The molecule has 0 saturated heterocycles. The number of ketones is 1. The van der Waals surface area contributed by atoms with E-state index >= 15 is 0 Å². The zero-order valence-electron chi connectivity index (χ0n) is 11.3. The predicted molar refractivity (Wildman–Crippen MR) is 79.6 cm³/mol. The molecule has 2 aromatic carbocycles. The standard InChI is InChI=1S/C17H12NO3/c1-11-4-2-3-5-17(11)21-12-6-7-15-13(8-12)14(9-18-15)16(20)10-19/h2-9,18H,1H3. The van der Waals surface area contributed by atoms with Crippen molar-refractivity contribution in [3.63, 3.8) is 0 Å². The molecule has 0 aliphatic heterocycles. The molecule has 103 valence electrons. The molecule has 0 unspecified atom stereocenters. The molecule has 0 amide bonds. The first kappa shape index (κ1) is 13.1. The number of rotatable bonds is 4. The Hall–Kier alpha value is -2.88. The number of benzene rings is 2. The minimum Gasteiger partial charge on any atom is -0.457 e. The highest BCUT2D eigenvalue weighted by molar-refractivity contribution is 6.36. The molecule has 4 heteroatoms. The zero-order valence-corrected chi connectivity index (χ0v) is 11.3. The van der Waals surface area contributed by atoms with E-state index in [1.165, 1.54) is 12.5 Å². The number of aromatic nitrogens is 1. The van der Waals surface area contributed by atoms with Crippen molar-refractivity contribution in [1.82, 2.24) is 4.98 Å². The lowest BCUT2D eigenvalue weighted by atomic mass is 10.1. The SMILES string of the molecule is Cc1ccccc1Oc1ccc2[nH]cc(C(=O)[C]=O)c2c1. The van der Waals surface area contributed by atoms with Crippen molar-refractivity contribution in [3.8, 4) is 11.5 Å². The van der Waals surface area contributed by atoms with Gasteiger partial charge in [-0.2, -0.15) is 0 Å². The molecule has 0 bridgehead atoms. The van der Waals surface area contributed by atoms with Crippen LogP contribution in [0.3, 0.4) is 0 Å². The molecule has 4 nitrogen and oxygen atoms in total. The van der Waals surface area contributed by atoms with Crippen molar-refractivity contribution in [2.45, 2.75) is 6.92 Å². The van der Waals surface area contributed by atoms with Crippen LogP contribution in [0.4, 0.5) is 0 Å². The van der Waals surface area contributed by atoms with E-state index in [9.17, 15) is 9.59 Å². The lowest BCUT2D eigenvalue weighted by Crippen LogP contribution is -1.97. The number of aromatic amines is 1. The third kappa shape index (κ3) is 2.43. The Bertz CT molecular complexity index is 833. The molecule has 1 N–H and O–H groups in total. The average Bonchev–Trinajstić information content (AvgIpc) is 2.92. The Morgan fingerprint density at radius 3 is 2.76 bits per heavy atom. The number of hydrogen-bond acceptors (Lipinski definition) is 3. The average molecular weight is 278 g/mol. The van der Waals surface area contributed by atoms with Crippen molar-refractivity contribution < 1.29 is 14.3 Å². The van der Waals surface area contributed by atoms with Gasteiger partial charge in [-0.3, -0.25) is 9.59 Å². The van der Waals surface area contributed by atoms with Crippen LogP contribution in [0.2, 0.25) is 0 Å². The fraction of sp³-hybridized carbons (Fsp3) is 0.0588. The van der Waals surface area contributed by atoms with Crippen LogP contribution in [0.25, 0.3) is 10.9 Å².